The first kappa shape index (κ1) is 17.9. The molecule has 1 aromatic heterocycles. The smallest absolute Gasteiger partial charge is 0.255 e. The van der Waals surface area contributed by atoms with E-state index < -0.39 is 6.10 Å². The number of aliphatic hydroxyl groups is 1. The van der Waals surface area contributed by atoms with E-state index in [4.69, 9.17) is 0 Å². The SMILES string of the molecule is Cc1ccccc1C(O)CNC(=O)c1c(C)nn(-c2ccccc2)c1C. The number of aliphatic hydroxyl groups excluding tert-OH is 1. The van der Waals surface area contributed by atoms with Crippen LogP contribution in [-0.4, -0.2) is 27.3 Å². The van der Waals surface area contributed by atoms with Gasteiger partial charge in [0.2, 0.25) is 0 Å². The van der Waals surface area contributed by atoms with Crippen LogP contribution in [0.25, 0.3) is 5.69 Å². The number of carbonyl (C=O) groups is 1. The third-order valence-electron chi connectivity index (χ3n) is 4.52. The molecule has 5 nitrogen and oxygen atoms in total. The third kappa shape index (κ3) is 3.53. The molecule has 5 heteroatoms. The number of carbonyl (C=O) groups excluding carboxylic acids is 1. The highest BCUT2D eigenvalue weighted by Crippen LogP contribution is 2.19. The number of amides is 1. The average Bonchev–Trinajstić information content (AvgIpc) is 2.95. The van der Waals surface area contributed by atoms with Gasteiger partial charge in [-0.2, -0.15) is 5.10 Å². The van der Waals surface area contributed by atoms with Crippen LogP contribution < -0.4 is 5.32 Å². The second kappa shape index (κ2) is 7.54. The van der Waals surface area contributed by atoms with E-state index in [1.165, 1.54) is 0 Å². The van der Waals surface area contributed by atoms with Crippen molar-refractivity contribution in [2.24, 2.45) is 0 Å². The predicted octanol–water partition coefficient (Wildman–Crippen LogP) is 3.26. The van der Waals surface area contributed by atoms with Gasteiger partial charge in [-0.15, -0.1) is 0 Å². The van der Waals surface area contributed by atoms with Crippen molar-refractivity contribution >= 4 is 5.91 Å². The van der Waals surface area contributed by atoms with Crippen molar-refractivity contribution in [3.8, 4) is 5.69 Å². The molecule has 0 aliphatic heterocycles. The van der Waals surface area contributed by atoms with Crippen LogP contribution >= 0.6 is 0 Å². The van der Waals surface area contributed by atoms with Crippen molar-refractivity contribution in [3.05, 3.63) is 82.7 Å². The van der Waals surface area contributed by atoms with E-state index in [2.05, 4.69) is 10.4 Å². The highest BCUT2D eigenvalue weighted by atomic mass is 16.3. The van der Waals surface area contributed by atoms with Gasteiger partial charge in [0.15, 0.2) is 0 Å². The summed E-state index contributed by atoms with van der Waals surface area (Å²) in [4.78, 5) is 12.7. The summed E-state index contributed by atoms with van der Waals surface area (Å²) in [7, 11) is 0. The maximum atomic E-state index is 12.7. The molecule has 0 aliphatic carbocycles. The Bertz CT molecular complexity index is 916. The highest BCUT2D eigenvalue weighted by Gasteiger charge is 2.20. The summed E-state index contributed by atoms with van der Waals surface area (Å²) in [6.07, 6.45) is -0.745. The lowest BCUT2D eigenvalue weighted by Gasteiger charge is -2.14. The first-order valence-electron chi connectivity index (χ1n) is 8.62. The summed E-state index contributed by atoms with van der Waals surface area (Å²) in [6, 6.07) is 17.3. The second-order valence-corrected chi connectivity index (χ2v) is 6.38. The van der Waals surface area contributed by atoms with Crippen LogP contribution in [0.15, 0.2) is 54.6 Å². The molecule has 3 rings (SSSR count). The van der Waals surface area contributed by atoms with Crippen LogP contribution in [0.3, 0.4) is 0 Å². The Morgan fingerprint density at radius 1 is 1.08 bits per heavy atom. The molecule has 134 valence electrons. The van der Waals surface area contributed by atoms with Crippen molar-refractivity contribution in [1.29, 1.82) is 0 Å². The molecule has 0 fully saturated rings. The normalized spacial score (nSPS) is 12.0. The Kier molecular flexibility index (Phi) is 5.19. The van der Waals surface area contributed by atoms with Crippen LogP contribution in [0.1, 0.15) is 39.0 Å². The van der Waals surface area contributed by atoms with E-state index in [0.717, 1.165) is 22.5 Å². The van der Waals surface area contributed by atoms with Gasteiger partial charge in [-0.05, 0) is 44.0 Å². The highest BCUT2D eigenvalue weighted by molar-refractivity contribution is 5.96. The summed E-state index contributed by atoms with van der Waals surface area (Å²) < 4.78 is 1.77. The number of aromatic nitrogens is 2. The van der Waals surface area contributed by atoms with Crippen LogP contribution in [-0.2, 0) is 0 Å². The van der Waals surface area contributed by atoms with Crippen LogP contribution in [0, 0.1) is 20.8 Å². The number of para-hydroxylation sites is 1. The lowest BCUT2D eigenvalue weighted by atomic mass is 10.0. The maximum Gasteiger partial charge on any atom is 0.255 e. The molecule has 0 bridgehead atoms. The molecule has 2 aromatic carbocycles. The van der Waals surface area contributed by atoms with E-state index in [9.17, 15) is 9.90 Å². The van der Waals surface area contributed by atoms with Gasteiger partial charge in [-0.3, -0.25) is 4.79 Å². The van der Waals surface area contributed by atoms with Gasteiger partial charge < -0.3 is 10.4 Å². The third-order valence-corrected chi connectivity index (χ3v) is 4.52. The molecular weight excluding hydrogens is 326 g/mol. The monoisotopic (exact) mass is 349 g/mol. The zero-order valence-corrected chi connectivity index (χ0v) is 15.2. The minimum atomic E-state index is -0.745. The van der Waals surface area contributed by atoms with Crippen LogP contribution in [0.2, 0.25) is 0 Å². The van der Waals surface area contributed by atoms with Gasteiger partial charge in [-0.25, -0.2) is 4.68 Å². The van der Waals surface area contributed by atoms with E-state index in [1.807, 2.05) is 75.4 Å². The molecule has 1 amide bonds. The molecule has 1 heterocycles. The first-order valence-corrected chi connectivity index (χ1v) is 8.62. The van der Waals surface area contributed by atoms with Crippen molar-refractivity contribution in [1.82, 2.24) is 15.1 Å². The summed E-state index contributed by atoms with van der Waals surface area (Å²) in [5.41, 5.74) is 4.71. The van der Waals surface area contributed by atoms with Gasteiger partial charge in [0, 0.05) is 6.54 Å². The molecule has 1 unspecified atom stereocenters. The summed E-state index contributed by atoms with van der Waals surface area (Å²) in [6.45, 7) is 5.79. The number of aryl methyl sites for hydroxylation is 2. The molecule has 2 N–H and O–H groups in total. The van der Waals surface area contributed by atoms with E-state index in [0.29, 0.717) is 11.3 Å². The number of nitrogens with one attached hydrogen (secondary N) is 1. The fourth-order valence-corrected chi connectivity index (χ4v) is 3.14. The van der Waals surface area contributed by atoms with E-state index in [1.54, 1.807) is 4.68 Å². The molecular formula is C21H23N3O2. The van der Waals surface area contributed by atoms with Gasteiger partial charge in [-0.1, -0.05) is 42.5 Å². The molecule has 26 heavy (non-hydrogen) atoms. The van der Waals surface area contributed by atoms with Gasteiger partial charge in [0.1, 0.15) is 0 Å². The van der Waals surface area contributed by atoms with E-state index >= 15 is 0 Å². The predicted molar refractivity (Wildman–Crippen MR) is 102 cm³/mol. The molecule has 0 saturated carbocycles. The Morgan fingerprint density at radius 2 is 1.73 bits per heavy atom. The molecule has 0 radical (unpaired) electrons. The molecule has 3 aromatic rings. The summed E-state index contributed by atoms with van der Waals surface area (Å²) in [5, 5.41) is 17.7. The standard InChI is InChI=1S/C21H23N3O2/c1-14-9-7-8-12-18(14)19(25)13-22-21(26)20-15(2)23-24(16(20)3)17-10-5-4-6-11-17/h4-12,19,25H,13H2,1-3H3,(H,22,26). The second-order valence-electron chi connectivity index (χ2n) is 6.38. The molecule has 0 saturated heterocycles. The molecule has 0 aliphatic rings. The zero-order chi connectivity index (χ0) is 18.7. The number of hydrogen-bond acceptors (Lipinski definition) is 3. The Labute approximate surface area is 153 Å². The number of hydrogen-bond donors (Lipinski definition) is 2. The molecule has 1 atom stereocenters. The summed E-state index contributed by atoms with van der Waals surface area (Å²) >= 11 is 0. The van der Waals surface area contributed by atoms with Crippen molar-refractivity contribution in [3.63, 3.8) is 0 Å². The number of nitrogens with zero attached hydrogens (tertiary/aromatic N) is 2. The van der Waals surface area contributed by atoms with Crippen LogP contribution in [0.5, 0.6) is 0 Å². The van der Waals surface area contributed by atoms with Crippen molar-refractivity contribution in [2.45, 2.75) is 26.9 Å². The van der Waals surface area contributed by atoms with Crippen molar-refractivity contribution in [2.75, 3.05) is 6.54 Å². The van der Waals surface area contributed by atoms with E-state index in [-0.39, 0.29) is 12.5 Å². The summed E-state index contributed by atoms with van der Waals surface area (Å²) in [5.74, 6) is -0.227. The average molecular weight is 349 g/mol. The first-order chi connectivity index (χ1) is 12.5. The zero-order valence-electron chi connectivity index (χ0n) is 15.2. The van der Waals surface area contributed by atoms with Crippen LogP contribution in [0.4, 0.5) is 0 Å². The van der Waals surface area contributed by atoms with Crippen molar-refractivity contribution < 1.29 is 9.90 Å². The minimum absolute atomic E-state index is 0.152. The number of benzene rings is 2. The van der Waals surface area contributed by atoms with Gasteiger partial charge >= 0.3 is 0 Å². The fraction of sp³-hybridized carbons (Fsp3) is 0.238. The van der Waals surface area contributed by atoms with Gasteiger partial charge in [0.25, 0.3) is 5.91 Å². The quantitative estimate of drug-likeness (QED) is 0.743. The molecule has 0 spiro atoms. The minimum Gasteiger partial charge on any atom is -0.387 e. The Morgan fingerprint density at radius 3 is 2.42 bits per heavy atom. The fourth-order valence-electron chi connectivity index (χ4n) is 3.14. The van der Waals surface area contributed by atoms with Gasteiger partial charge in [0.05, 0.1) is 28.7 Å². The Balaban J connectivity index is 1.77. The maximum absolute atomic E-state index is 12.7. The lowest BCUT2D eigenvalue weighted by molar-refractivity contribution is 0.0914. The lowest BCUT2D eigenvalue weighted by Crippen LogP contribution is -2.29. The Hall–Kier alpha value is -2.92. The topological polar surface area (TPSA) is 67.2 Å². The number of rotatable bonds is 5. The largest absolute Gasteiger partial charge is 0.387 e.